The van der Waals surface area contributed by atoms with E-state index in [1.165, 1.54) is 6.20 Å². The molecular weight excluding hydrogens is 444 g/mol. The van der Waals surface area contributed by atoms with E-state index in [1.54, 1.807) is 6.07 Å². The van der Waals surface area contributed by atoms with Gasteiger partial charge >= 0.3 is 6.03 Å². The van der Waals surface area contributed by atoms with Gasteiger partial charge in [0.25, 0.3) is 5.91 Å². The number of nitrogens with zero attached hydrogens (tertiary/aromatic N) is 4. The molecule has 35 heavy (non-hydrogen) atoms. The van der Waals surface area contributed by atoms with E-state index in [9.17, 15) is 9.59 Å². The monoisotopic (exact) mass is 474 g/mol. The molecule has 1 unspecified atom stereocenters. The first-order chi connectivity index (χ1) is 16.9. The standard InChI is InChI=1S/C25H30N8O2/c1-32(2)20-11-12-33(16-20)25(35)30-19-10-6-9-18(13-19)29-24-28-15-21(22(26)34)23(31-24)27-14-17-7-4-3-5-8-17/h3-10,13,15,20H,11-12,14,16H2,1-2H3,(H2,26,34)(H,30,35)(H2,27,28,29,31). The molecule has 1 atom stereocenters. The Labute approximate surface area is 204 Å². The summed E-state index contributed by atoms with van der Waals surface area (Å²) in [5.41, 5.74) is 8.09. The molecule has 1 fully saturated rings. The summed E-state index contributed by atoms with van der Waals surface area (Å²) in [6.45, 7) is 1.91. The van der Waals surface area contributed by atoms with E-state index in [0.717, 1.165) is 18.5 Å². The first kappa shape index (κ1) is 24.0. The van der Waals surface area contributed by atoms with Gasteiger partial charge in [0.1, 0.15) is 5.82 Å². The Morgan fingerprint density at radius 1 is 1.11 bits per heavy atom. The number of hydrogen-bond donors (Lipinski definition) is 4. The molecule has 10 heteroatoms. The van der Waals surface area contributed by atoms with Crippen molar-refractivity contribution in [2.24, 2.45) is 5.73 Å². The summed E-state index contributed by atoms with van der Waals surface area (Å²) in [5, 5.41) is 9.24. The average Bonchev–Trinajstić information content (AvgIpc) is 3.35. The minimum Gasteiger partial charge on any atom is -0.365 e. The number of urea groups is 1. The van der Waals surface area contributed by atoms with Crippen LogP contribution in [-0.2, 0) is 6.54 Å². The number of anilines is 4. The third-order valence-corrected chi connectivity index (χ3v) is 5.91. The van der Waals surface area contributed by atoms with Gasteiger partial charge in [-0.3, -0.25) is 4.79 Å². The Morgan fingerprint density at radius 3 is 2.60 bits per heavy atom. The molecule has 0 spiro atoms. The Hall–Kier alpha value is -4.18. The van der Waals surface area contributed by atoms with E-state index in [-0.39, 0.29) is 11.6 Å². The predicted octanol–water partition coefficient (Wildman–Crippen LogP) is 3.10. The van der Waals surface area contributed by atoms with Gasteiger partial charge in [-0.05, 0) is 44.3 Å². The number of carbonyl (C=O) groups is 2. The average molecular weight is 475 g/mol. The number of primary amides is 1. The molecule has 1 aromatic heterocycles. The second-order valence-corrected chi connectivity index (χ2v) is 8.65. The lowest BCUT2D eigenvalue weighted by atomic mass is 10.2. The summed E-state index contributed by atoms with van der Waals surface area (Å²) in [6.07, 6.45) is 2.35. The second-order valence-electron chi connectivity index (χ2n) is 8.65. The molecule has 1 aliphatic rings. The number of nitrogens with two attached hydrogens (primary N) is 1. The first-order valence-electron chi connectivity index (χ1n) is 11.4. The Morgan fingerprint density at radius 2 is 1.89 bits per heavy atom. The normalized spacial score (nSPS) is 15.2. The number of rotatable bonds is 8. The van der Waals surface area contributed by atoms with E-state index in [4.69, 9.17) is 5.73 Å². The molecule has 3 amide bonds. The van der Waals surface area contributed by atoms with Crippen LogP contribution in [0.3, 0.4) is 0 Å². The highest BCUT2D eigenvalue weighted by Crippen LogP contribution is 2.22. The highest BCUT2D eigenvalue weighted by molar-refractivity contribution is 5.97. The number of aromatic nitrogens is 2. The molecule has 182 valence electrons. The van der Waals surface area contributed by atoms with Crippen molar-refractivity contribution < 1.29 is 9.59 Å². The van der Waals surface area contributed by atoms with Crippen LogP contribution >= 0.6 is 0 Å². The molecule has 10 nitrogen and oxygen atoms in total. The van der Waals surface area contributed by atoms with Crippen LogP contribution in [0.1, 0.15) is 22.3 Å². The molecule has 1 saturated heterocycles. The van der Waals surface area contributed by atoms with Crippen molar-refractivity contribution in [3.8, 4) is 0 Å². The maximum Gasteiger partial charge on any atom is 0.321 e. The molecular formula is C25H30N8O2. The fraction of sp³-hybridized carbons (Fsp3) is 0.280. The molecule has 0 bridgehead atoms. The zero-order chi connectivity index (χ0) is 24.8. The van der Waals surface area contributed by atoms with Gasteiger partial charge < -0.3 is 31.5 Å². The van der Waals surface area contributed by atoms with Gasteiger partial charge in [0.2, 0.25) is 5.95 Å². The van der Waals surface area contributed by atoms with Crippen molar-refractivity contribution in [1.29, 1.82) is 0 Å². The SMILES string of the molecule is CN(C)C1CCN(C(=O)Nc2cccc(Nc3ncc(C(N)=O)c(NCc4ccccc4)n3)c2)C1. The molecule has 0 saturated carbocycles. The zero-order valence-corrected chi connectivity index (χ0v) is 19.9. The van der Waals surface area contributed by atoms with Gasteiger partial charge in [0.05, 0.1) is 5.56 Å². The maximum absolute atomic E-state index is 12.7. The van der Waals surface area contributed by atoms with Crippen molar-refractivity contribution in [1.82, 2.24) is 19.8 Å². The van der Waals surface area contributed by atoms with E-state index < -0.39 is 5.91 Å². The third kappa shape index (κ3) is 6.24. The first-order valence-corrected chi connectivity index (χ1v) is 11.4. The second kappa shape index (κ2) is 10.8. The lowest BCUT2D eigenvalue weighted by Crippen LogP contribution is -2.36. The minimum atomic E-state index is -0.616. The van der Waals surface area contributed by atoms with E-state index in [1.807, 2.05) is 67.5 Å². The minimum absolute atomic E-state index is 0.124. The number of amides is 3. The van der Waals surface area contributed by atoms with Gasteiger partial charge in [0.15, 0.2) is 0 Å². The molecule has 2 heterocycles. The van der Waals surface area contributed by atoms with Crippen molar-refractivity contribution in [2.75, 3.05) is 43.1 Å². The van der Waals surface area contributed by atoms with E-state index >= 15 is 0 Å². The van der Waals surface area contributed by atoms with Crippen LogP contribution in [0, 0.1) is 0 Å². The zero-order valence-electron chi connectivity index (χ0n) is 19.9. The van der Waals surface area contributed by atoms with Crippen LogP contribution in [0.25, 0.3) is 0 Å². The number of likely N-dealkylation sites (tertiary alicyclic amines) is 1. The number of hydrogen-bond acceptors (Lipinski definition) is 7. The van der Waals surface area contributed by atoms with Crippen LogP contribution in [0.15, 0.2) is 60.8 Å². The number of likely N-dealkylation sites (N-methyl/N-ethyl adjacent to an activating group) is 1. The lowest BCUT2D eigenvalue weighted by Gasteiger charge is -2.21. The van der Waals surface area contributed by atoms with Crippen LogP contribution in [-0.4, -0.2) is 64.9 Å². The molecule has 3 aromatic rings. The fourth-order valence-corrected chi connectivity index (χ4v) is 3.89. The highest BCUT2D eigenvalue weighted by Gasteiger charge is 2.27. The largest absolute Gasteiger partial charge is 0.365 e. The van der Waals surface area contributed by atoms with Crippen LogP contribution < -0.4 is 21.7 Å². The number of benzene rings is 2. The van der Waals surface area contributed by atoms with Crippen molar-refractivity contribution >= 4 is 35.1 Å². The summed E-state index contributed by atoms with van der Waals surface area (Å²) in [6, 6.07) is 17.3. The lowest BCUT2D eigenvalue weighted by molar-refractivity contribution is 0.100. The van der Waals surface area contributed by atoms with E-state index in [0.29, 0.717) is 42.3 Å². The van der Waals surface area contributed by atoms with Crippen molar-refractivity contribution in [3.63, 3.8) is 0 Å². The van der Waals surface area contributed by atoms with Gasteiger partial charge in [-0.2, -0.15) is 4.98 Å². The van der Waals surface area contributed by atoms with Crippen LogP contribution in [0.4, 0.5) is 27.9 Å². The summed E-state index contributed by atoms with van der Waals surface area (Å²) >= 11 is 0. The van der Waals surface area contributed by atoms with Crippen molar-refractivity contribution in [3.05, 3.63) is 71.9 Å². The topological polar surface area (TPSA) is 129 Å². The summed E-state index contributed by atoms with van der Waals surface area (Å²) in [7, 11) is 4.06. The molecule has 0 radical (unpaired) electrons. The fourth-order valence-electron chi connectivity index (χ4n) is 3.89. The Bertz CT molecular complexity index is 1190. The van der Waals surface area contributed by atoms with E-state index in [2.05, 4.69) is 30.8 Å². The summed E-state index contributed by atoms with van der Waals surface area (Å²) in [4.78, 5) is 37.2. The number of carbonyl (C=O) groups excluding carboxylic acids is 2. The molecule has 4 rings (SSSR count). The van der Waals surface area contributed by atoms with Gasteiger partial charge in [-0.1, -0.05) is 36.4 Å². The highest BCUT2D eigenvalue weighted by atomic mass is 16.2. The molecule has 5 N–H and O–H groups in total. The van der Waals surface area contributed by atoms with Gasteiger partial charge in [0, 0.05) is 43.2 Å². The van der Waals surface area contributed by atoms with Gasteiger partial charge in [-0.15, -0.1) is 0 Å². The Balaban J connectivity index is 1.43. The summed E-state index contributed by atoms with van der Waals surface area (Å²) in [5.74, 6) is 0.0189. The van der Waals surface area contributed by atoms with Gasteiger partial charge in [-0.25, -0.2) is 9.78 Å². The predicted molar refractivity (Wildman–Crippen MR) is 137 cm³/mol. The summed E-state index contributed by atoms with van der Waals surface area (Å²) < 4.78 is 0. The maximum atomic E-state index is 12.7. The Kier molecular flexibility index (Phi) is 7.41. The van der Waals surface area contributed by atoms with Crippen LogP contribution in [0.5, 0.6) is 0 Å². The quantitative estimate of drug-likeness (QED) is 0.395. The van der Waals surface area contributed by atoms with Crippen LogP contribution in [0.2, 0.25) is 0 Å². The molecule has 1 aliphatic heterocycles. The van der Waals surface area contributed by atoms with Crippen molar-refractivity contribution in [2.45, 2.75) is 19.0 Å². The molecule has 0 aliphatic carbocycles. The smallest absolute Gasteiger partial charge is 0.321 e. The number of nitrogens with one attached hydrogen (secondary N) is 3. The molecule has 2 aromatic carbocycles. The third-order valence-electron chi connectivity index (χ3n) is 5.91.